The molecule has 1 atom stereocenters. The fourth-order valence-corrected chi connectivity index (χ4v) is 4.88. The van der Waals surface area contributed by atoms with E-state index in [1.165, 1.54) is 12.5 Å². The van der Waals surface area contributed by atoms with E-state index in [4.69, 9.17) is 5.26 Å². The Morgan fingerprint density at radius 1 is 1.26 bits per heavy atom. The van der Waals surface area contributed by atoms with Crippen LogP contribution < -0.4 is 10.6 Å². The molecule has 2 aromatic rings. The molecule has 10 heteroatoms. The second kappa shape index (κ2) is 9.99. The minimum atomic E-state index is -4.69. The van der Waals surface area contributed by atoms with Gasteiger partial charge in [0.25, 0.3) is 5.91 Å². The summed E-state index contributed by atoms with van der Waals surface area (Å²) in [6.45, 7) is 8.77. The molecular weight excluding hydrogens is 457 g/mol. The monoisotopic (exact) mass is 488 g/mol. The summed E-state index contributed by atoms with van der Waals surface area (Å²) >= 11 is 0. The van der Waals surface area contributed by atoms with Crippen LogP contribution in [0.25, 0.3) is 0 Å². The van der Waals surface area contributed by atoms with Crippen molar-refractivity contribution < 1.29 is 18.0 Å². The Kier molecular flexibility index (Phi) is 7.20. The number of benzene rings is 1. The Morgan fingerprint density at radius 2 is 2.00 bits per heavy atom. The third kappa shape index (κ3) is 5.68. The maximum absolute atomic E-state index is 13.3. The Balaban J connectivity index is 1.39. The molecule has 2 saturated heterocycles. The van der Waals surface area contributed by atoms with E-state index in [0.29, 0.717) is 5.92 Å². The van der Waals surface area contributed by atoms with Crippen molar-refractivity contribution in [2.75, 3.05) is 38.0 Å². The molecule has 2 N–H and O–H groups in total. The molecule has 4 rings (SSSR count). The fourth-order valence-electron chi connectivity index (χ4n) is 4.88. The molecule has 0 bridgehead atoms. The smallest absolute Gasteiger partial charge is 0.324 e. The predicted molar refractivity (Wildman–Crippen MR) is 126 cm³/mol. The van der Waals surface area contributed by atoms with E-state index in [-0.39, 0.29) is 5.69 Å². The lowest BCUT2D eigenvalue weighted by atomic mass is 9.91. The van der Waals surface area contributed by atoms with E-state index in [1.807, 2.05) is 6.20 Å². The number of alkyl halides is 3. The number of piperidine rings is 1. The summed E-state index contributed by atoms with van der Waals surface area (Å²) in [5.74, 6) is 0.607. The zero-order valence-corrected chi connectivity index (χ0v) is 20.0. The van der Waals surface area contributed by atoms with Crippen LogP contribution >= 0.6 is 0 Å². The number of hydrogen-bond donors (Lipinski definition) is 2. The molecule has 3 heterocycles. The second-order valence-corrected chi connectivity index (χ2v) is 10.0. The van der Waals surface area contributed by atoms with Crippen molar-refractivity contribution in [3.8, 4) is 6.07 Å². The van der Waals surface area contributed by atoms with Crippen molar-refractivity contribution in [3.05, 3.63) is 47.3 Å². The van der Waals surface area contributed by atoms with E-state index in [9.17, 15) is 18.0 Å². The minimum absolute atomic E-state index is 0.0217. The van der Waals surface area contributed by atoms with Gasteiger partial charge in [0, 0.05) is 18.4 Å². The first-order chi connectivity index (χ1) is 16.6. The molecule has 2 aliphatic rings. The predicted octanol–water partition coefficient (Wildman–Crippen LogP) is 3.94. The third-order valence-electron chi connectivity index (χ3n) is 7.17. The summed E-state index contributed by atoms with van der Waals surface area (Å²) < 4.78 is 41.4. The zero-order valence-electron chi connectivity index (χ0n) is 20.0. The summed E-state index contributed by atoms with van der Waals surface area (Å²) in [6, 6.07) is 4.69. The maximum Gasteiger partial charge on any atom is 0.417 e. The molecule has 188 valence electrons. The summed E-state index contributed by atoms with van der Waals surface area (Å²) in [6.07, 6.45) is 2.28. The molecule has 1 amide bonds. The highest BCUT2D eigenvalue weighted by Gasteiger charge is 2.35. The van der Waals surface area contributed by atoms with Crippen LogP contribution in [0.15, 0.2) is 30.6 Å². The molecule has 2 fully saturated rings. The van der Waals surface area contributed by atoms with E-state index < -0.39 is 28.7 Å². The number of rotatable bonds is 6. The van der Waals surface area contributed by atoms with Crippen LogP contribution in [0, 0.1) is 17.2 Å². The number of anilines is 1. The molecule has 2 aliphatic heterocycles. The Morgan fingerprint density at radius 3 is 2.63 bits per heavy atom. The first kappa shape index (κ1) is 25.2. The van der Waals surface area contributed by atoms with Gasteiger partial charge < -0.3 is 15.5 Å². The number of aromatic nitrogens is 2. The van der Waals surface area contributed by atoms with Crippen LogP contribution in [0.3, 0.4) is 0 Å². The van der Waals surface area contributed by atoms with Crippen LogP contribution in [0.2, 0.25) is 0 Å². The highest BCUT2D eigenvalue weighted by Crippen LogP contribution is 2.34. The van der Waals surface area contributed by atoms with Crippen LogP contribution in [-0.2, 0) is 16.5 Å². The largest absolute Gasteiger partial charge is 0.417 e. The average molecular weight is 489 g/mol. The molecule has 1 aromatic heterocycles. The number of nitrogens with zero attached hydrogens (tertiary/aromatic N) is 4. The fraction of sp³-hybridized carbons (Fsp3) is 0.560. The molecular formula is C25H31F3N6O. The Hall–Kier alpha value is -2.90. The topological polar surface area (TPSA) is 86.0 Å². The number of amides is 1. The Bertz CT molecular complexity index is 1090. The number of carbonyl (C=O) groups excluding carboxylic acids is 1. The van der Waals surface area contributed by atoms with Crippen LogP contribution in [-0.4, -0.2) is 53.3 Å². The first-order valence-corrected chi connectivity index (χ1v) is 12.0. The van der Waals surface area contributed by atoms with Gasteiger partial charge in [-0.3, -0.25) is 9.48 Å². The molecule has 1 unspecified atom stereocenters. The molecule has 0 radical (unpaired) electrons. The minimum Gasteiger partial charge on any atom is -0.324 e. The summed E-state index contributed by atoms with van der Waals surface area (Å²) in [7, 11) is 0. The van der Waals surface area contributed by atoms with Gasteiger partial charge in [0.1, 0.15) is 5.54 Å². The number of hydrogen-bond acceptors (Lipinski definition) is 5. The molecule has 1 aromatic carbocycles. The number of likely N-dealkylation sites (tertiary alicyclic amines) is 1. The van der Waals surface area contributed by atoms with E-state index in [1.54, 1.807) is 30.8 Å². The van der Waals surface area contributed by atoms with Gasteiger partial charge in [-0.2, -0.15) is 23.5 Å². The molecule has 35 heavy (non-hydrogen) atoms. The van der Waals surface area contributed by atoms with Crippen molar-refractivity contribution in [2.24, 2.45) is 5.92 Å². The van der Waals surface area contributed by atoms with Gasteiger partial charge in [0.05, 0.1) is 23.4 Å². The number of nitrogens with one attached hydrogen (secondary N) is 2. The summed E-state index contributed by atoms with van der Waals surface area (Å²) in [5.41, 5.74) is -1.64. The van der Waals surface area contributed by atoms with Gasteiger partial charge in [-0.05, 0) is 94.9 Å². The quantitative estimate of drug-likeness (QED) is 0.644. The first-order valence-electron chi connectivity index (χ1n) is 12.0. The van der Waals surface area contributed by atoms with Crippen molar-refractivity contribution in [1.82, 2.24) is 20.0 Å². The van der Waals surface area contributed by atoms with Gasteiger partial charge in [-0.25, -0.2) is 0 Å². The molecule has 0 spiro atoms. The van der Waals surface area contributed by atoms with Crippen LogP contribution in [0.5, 0.6) is 0 Å². The molecule has 7 nitrogen and oxygen atoms in total. The third-order valence-corrected chi connectivity index (χ3v) is 7.17. The van der Waals surface area contributed by atoms with Crippen molar-refractivity contribution in [3.63, 3.8) is 0 Å². The standard InChI is InChI=1S/C25H31F3N6O/c1-24(2,23(35)32-21-4-3-19(12-29)22(11-21)25(26,27)28)34-16-20(14-31-34)18-6-9-33(10-7-18)15-17-5-8-30-13-17/h3-4,11,14,16-18,30H,5-10,13,15H2,1-2H3,(H,32,35). The van der Waals surface area contributed by atoms with Gasteiger partial charge in [-0.15, -0.1) is 0 Å². The van der Waals surface area contributed by atoms with Crippen molar-refractivity contribution in [1.29, 1.82) is 5.26 Å². The van der Waals surface area contributed by atoms with Gasteiger partial charge in [0.15, 0.2) is 0 Å². The second-order valence-electron chi connectivity index (χ2n) is 10.0. The summed E-state index contributed by atoms with van der Waals surface area (Å²) in [5, 5.41) is 19.4. The molecule has 0 aliphatic carbocycles. The average Bonchev–Trinajstić information content (AvgIpc) is 3.52. The van der Waals surface area contributed by atoms with Gasteiger partial charge >= 0.3 is 6.18 Å². The Labute approximate surface area is 203 Å². The number of halogens is 3. The lowest BCUT2D eigenvalue weighted by molar-refractivity contribution is -0.137. The van der Waals surface area contributed by atoms with Gasteiger partial charge in [0.2, 0.25) is 0 Å². The van der Waals surface area contributed by atoms with Crippen LogP contribution in [0.4, 0.5) is 18.9 Å². The number of carbonyl (C=O) groups is 1. The summed E-state index contributed by atoms with van der Waals surface area (Å²) in [4.78, 5) is 15.5. The highest BCUT2D eigenvalue weighted by molar-refractivity contribution is 5.96. The van der Waals surface area contributed by atoms with E-state index >= 15 is 0 Å². The van der Waals surface area contributed by atoms with E-state index in [2.05, 4.69) is 20.6 Å². The lowest BCUT2D eigenvalue weighted by Gasteiger charge is -2.33. The lowest BCUT2D eigenvalue weighted by Crippen LogP contribution is -2.40. The maximum atomic E-state index is 13.3. The van der Waals surface area contributed by atoms with Gasteiger partial charge in [-0.1, -0.05) is 0 Å². The molecule has 0 saturated carbocycles. The number of nitriles is 1. The van der Waals surface area contributed by atoms with Crippen molar-refractivity contribution in [2.45, 2.75) is 50.7 Å². The zero-order chi connectivity index (χ0) is 25.2. The van der Waals surface area contributed by atoms with E-state index in [0.717, 1.165) is 69.2 Å². The normalized spacial score (nSPS) is 20.1. The highest BCUT2D eigenvalue weighted by atomic mass is 19.4. The van der Waals surface area contributed by atoms with Crippen molar-refractivity contribution >= 4 is 11.6 Å². The van der Waals surface area contributed by atoms with Crippen LogP contribution in [0.1, 0.15) is 55.7 Å². The SMILES string of the molecule is CC(C)(C(=O)Nc1ccc(C#N)c(C(F)(F)F)c1)n1cc(C2CCN(CC3CCNC3)CC2)cn1.